The number of rotatable bonds is 3. The van der Waals surface area contributed by atoms with Crippen LogP contribution in [0.15, 0.2) is 36.4 Å². The van der Waals surface area contributed by atoms with Gasteiger partial charge < -0.3 is 26.5 Å². The summed E-state index contributed by atoms with van der Waals surface area (Å²) in [4.78, 5) is 0. The van der Waals surface area contributed by atoms with E-state index in [9.17, 15) is 13.2 Å². The van der Waals surface area contributed by atoms with Crippen molar-refractivity contribution >= 4 is 5.71 Å². The molecule has 0 saturated heterocycles. The van der Waals surface area contributed by atoms with Gasteiger partial charge in [0.1, 0.15) is 13.6 Å². The Morgan fingerprint density at radius 1 is 1.00 bits per heavy atom. The van der Waals surface area contributed by atoms with Gasteiger partial charge in [-0.3, -0.25) is 0 Å². The van der Waals surface area contributed by atoms with Crippen LogP contribution >= 0.6 is 0 Å². The van der Waals surface area contributed by atoms with Crippen LogP contribution in [0.3, 0.4) is 0 Å². The van der Waals surface area contributed by atoms with Crippen molar-refractivity contribution in [2.24, 2.45) is 0 Å². The van der Waals surface area contributed by atoms with Gasteiger partial charge in [-0.05, 0) is 41.8 Å². The van der Waals surface area contributed by atoms with E-state index in [2.05, 4.69) is 11.6 Å². The van der Waals surface area contributed by atoms with E-state index in [1.165, 1.54) is 11.3 Å². The molecule has 4 rings (SSSR count). The van der Waals surface area contributed by atoms with E-state index in [4.69, 9.17) is 9.47 Å². The predicted octanol–water partition coefficient (Wildman–Crippen LogP) is 1.06. The van der Waals surface area contributed by atoms with Gasteiger partial charge >= 0.3 is 6.18 Å². The first-order valence-corrected chi connectivity index (χ1v) is 8.58. The predicted molar refractivity (Wildman–Crippen MR) is 91.2 cm³/mol. The lowest BCUT2D eigenvalue weighted by molar-refractivity contribution is -0.499. The number of hydrogen-bond acceptors (Lipinski definition) is 2. The normalized spacial score (nSPS) is 15.4. The average molecular weight is 442 g/mol. The molecule has 0 atom stereocenters. The lowest BCUT2D eigenvalue weighted by Gasteiger charge is -2.17. The van der Waals surface area contributed by atoms with Crippen LogP contribution in [0.2, 0.25) is 0 Å². The van der Waals surface area contributed by atoms with Gasteiger partial charge in [0, 0.05) is 18.4 Å². The summed E-state index contributed by atoms with van der Waals surface area (Å²) in [5.41, 5.74) is 3.85. The molecule has 2 aromatic rings. The second-order valence-corrected chi connectivity index (χ2v) is 6.68. The van der Waals surface area contributed by atoms with Crippen LogP contribution in [-0.4, -0.2) is 30.7 Å². The van der Waals surface area contributed by atoms with E-state index < -0.39 is 11.7 Å². The van der Waals surface area contributed by atoms with Crippen LogP contribution in [-0.2, 0) is 19.0 Å². The molecule has 0 N–H and O–H groups in total. The van der Waals surface area contributed by atoms with Gasteiger partial charge in [-0.25, -0.2) is 4.58 Å². The molecule has 0 aliphatic carbocycles. The second kappa shape index (κ2) is 7.54. The summed E-state index contributed by atoms with van der Waals surface area (Å²) in [6, 6.07) is 9.49. The molecule has 2 heterocycles. The van der Waals surface area contributed by atoms with Crippen molar-refractivity contribution in [1.82, 2.24) is 0 Å². The summed E-state index contributed by atoms with van der Waals surface area (Å²) in [5.74, 6) is 1.54. The number of halogens is 4. The van der Waals surface area contributed by atoms with Crippen molar-refractivity contribution in [3.63, 3.8) is 0 Å². The van der Waals surface area contributed by atoms with Gasteiger partial charge in [0.05, 0.1) is 5.56 Å². The maximum atomic E-state index is 12.7. The quantitative estimate of drug-likeness (QED) is 0.664. The molecule has 0 saturated carbocycles. The van der Waals surface area contributed by atoms with E-state index >= 15 is 0 Å². The highest BCUT2D eigenvalue weighted by Crippen LogP contribution is 2.36. The Bertz CT molecular complexity index is 876. The zero-order chi connectivity index (χ0) is 18.3. The zero-order valence-corrected chi connectivity index (χ0v) is 16.4. The highest BCUT2D eigenvalue weighted by atomic mass is 79.9. The third-order valence-corrected chi connectivity index (χ3v) is 5.02. The number of hydrogen-bond donors (Lipinski definition) is 0. The molecule has 0 fully saturated rings. The largest absolute Gasteiger partial charge is 1.00 e. The Kier molecular flexibility index (Phi) is 5.51. The maximum Gasteiger partial charge on any atom is 0.416 e. The molecule has 7 heteroatoms. The van der Waals surface area contributed by atoms with Crippen LogP contribution in [0, 0.1) is 0 Å². The molecule has 2 aromatic carbocycles. The number of fused-ring (bicyclic) bond motifs is 2. The maximum absolute atomic E-state index is 12.7. The first kappa shape index (κ1) is 19.7. The van der Waals surface area contributed by atoms with Crippen LogP contribution in [0.1, 0.15) is 28.7 Å². The summed E-state index contributed by atoms with van der Waals surface area (Å²) < 4.78 is 51.2. The summed E-state index contributed by atoms with van der Waals surface area (Å²) in [6.07, 6.45) is -1.91. The summed E-state index contributed by atoms with van der Waals surface area (Å²) in [6.45, 7) is 1.16. The average Bonchev–Trinajstić information content (AvgIpc) is 3.06. The Morgan fingerprint density at radius 2 is 1.67 bits per heavy atom. The van der Waals surface area contributed by atoms with E-state index in [0.29, 0.717) is 6.42 Å². The molecule has 3 nitrogen and oxygen atoms in total. The van der Waals surface area contributed by atoms with Crippen molar-refractivity contribution in [1.29, 1.82) is 0 Å². The van der Waals surface area contributed by atoms with Gasteiger partial charge in [0.2, 0.25) is 6.79 Å². The SMILES string of the molecule is C[N+]1=C(CCc2ccc(C(F)(F)F)cc2)c2cc3c(cc2CC1)OCO3.[Br-]. The standard InChI is InChI=1S/C20H19F3NO2.BrH/c1-24-9-8-14-10-18-19(26-12-25-18)11-16(14)17(24)7-4-13-2-5-15(6-3-13)20(21,22)23;/h2-3,5-6,10-11H,4,7-9,12H2,1H3;1H/q+1;/p-1. The zero-order valence-electron chi connectivity index (χ0n) is 14.8. The topological polar surface area (TPSA) is 21.5 Å². The number of aryl methyl sites for hydroxylation is 1. The smallest absolute Gasteiger partial charge is 0.416 e. The molecule has 0 radical (unpaired) electrons. The Balaban J connectivity index is 0.00000210. The Hall–Kier alpha value is -2.02. The molecule has 0 aromatic heterocycles. The number of alkyl halides is 3. The highest BCUT2D eigenvalue weighted by molar-refractivity contribution is 5.99. The molecule has 0 unspecified atom stereocenters. The third-order valence-electron chi connectivity index (χ3n) is 5.02. The first-order valence-electron chi connectivity index (χ1n) is 8.58. The van der Waals surface area contributed by atoms with Gasteiger partial charge in [-0.1, -0.05) is 12.1 Å². The van der Waals surface area contributed by atoms with E-state index in [0.717, 1.165) is 54.1 Å². The lowest BCUT2D eigenvalue weighted by Crippen LogP contribution is -3.00. The molecule has 2 aliphatic heterocycles. The fraction of sp³-hybridized carbons (Fsp3) is 0.350. The minimum Gasteiger partial charge on any atom is -1.00 e. The first-order chi connectivity index (χ1) is 12.4. The number of likely N-dealkylation sites (N-methyl/N-ethyl adjacent to an activating group) is 1. The summed E-state index contributed by atoms with van der Waals surface area (Å²) in [5, 5.41) is 0. The molecule has 0 bridgehead atoms. The van der Waals surface area contributed by atoms with E-state index in [-0.39, 0.29) is 23.8 Å². The molecular formula is C20H19BrF3NO2. The minimum absolute atomic E-state index is 0. The highest BCUT2D eigenvalue weighted by Gasteiger charge is 2.30. The van der Waals surface area contributed by atoms with Gasteiger partial charge in [0.15, 0.2) is 17.2 Å². The second-order valence-electron chi connectivity index (χ2n) is 6.68. The summed E-state index contributed by atoms with van der Waals surface area (Å²) in [7, 11) is 2.05. The third kappa shape index (κ3) is 3.98. The van der Waals surface area contributed by atoms with Gasteiger partial charge in [-0.15, -0.1) is 0 Å². The van der Waals surface area contributed by atoms with Crippen LogP contribution in [0.25, 0.3) is 0 Å². The van der Waals surface area contributed by atoms with Crippen LogP contribution in [0.4, 0.5) is 13.2 Å². The molecule has 2 aliphatic rings. The van der Waals surface area contributed by atoms with Crippen molar-refractivity contribution in [2.75, 3.05) is 20.4 Å². The number of nitrogens with zero attached hydrogens (tertiary/aromatic N) is 1. The fourth-order valence-electron chi connectivity index (χ4n) is 3.54. The molecule has 144 valence electrons. The molecule has 27 heavy (non-hydrogen) atoms. The number of ether oxygens (including phenoxy) is 2. The lowest BCUT2D eigenvalue weighted by atomic mass is 9.92. The van der Waals surface area contributed by atoms with Crippen molar-refractivity contribution in [2.45, 2.75) is 25.4 Å². The van der Waals surface area contributed by atoms with Crippen molar-refractivity contribution < 1.29 is 44.2 Å². The van der Waals surface area contributed by atoms with Crippen LogP contribution in [0.5, 0.6) is 11.5 Å². The summed E-state index contributed by atoms with van der Waals surface area (Å²) >= 11 is 0. The van der Waals surface area contributed by atoms with Gasteiger partial charge in [0.25, 0.3) is 0 Å². The molecule has 0 spiro atoms. The molecular weight excluding hydrogens is 423 g/mol. The Morgan fingerprint density at radius 3 is 2.33 bits per heavy atom. The van der Waals surface area contributed by atoms with E-state index in [1.807, 2.05) is 12.1 Å². The van der Waals surface area contributed by atoms with Crippen molar-refractivity contribution in [3.8, 4) is 11.5 Å². The van der Waals surface area contributed by atoms with Crippen molar-refractivity contribution in [3.05, 3.63) is 58.7 Å². The molecule has 0 amide bonds. The number of benzene rings is 2. The Labute approximate surface area is 166 Å². The fourth-order valence-corrected chi connectivity index (χ4v) is 3.54. The van der Waals surface area contributed by atoms with E-state index in [1.54, 1.807) is 12.1 Å². The van der Waals surface area contributed by atoms with Gasteiger partial charge in [-0.2, -0.15) is 13.2 Å². The van der Waals surface area contributed by atoms with Crippen LogP contribution < -0.4 is 26.5 Å². The minimum atomic E-state index is -4.29. The monoisotopic (exact) mass is 441 g/mol.